The minimum Gasteiger partial charge on any atom is -0.496 e. The van der Waals surface area contributed by atoms with Gasteiger partial charge < -0.3 is 15.2 Å². The summed E-state index contributed by atoms with van der Waals surface area (Å²) in [5, 5.41) is 12.5. The van der Waals surface area contributed by atoms with Gasteiger partial charge in [0.15, 0.2) is 0 Å². The summed E-state index contributed by atoms with van der Waals surface area (Å²) >= 11 is 5.92. The summed E-state index contributed by atoms with van der Waals surface area (Å²) in [6.45, 7) is 3.79. The van der Waals surface area contributed by atoms with Gasteiger partial charge in [-0.15, -0.1) is 0 Å². The van der Waals surface area contributed by atoms with Crippen LogP contribution in [-0.4, -0.2) is 30.8 Å². The normalized spacial score (nSPS) is 13.7. The zero-order chi connectivity index (χ0) is 14.4. The van der Waals surface area contributed by atoms with Gasteiger partial charge in [-0.3, -0.25) is 4.79 Å². The van der Waals surface area contributed by atoms with E-state index >= 15 is 0 Å². The zero-order valence-corrected chi connectivity index (χ0v) is 12.2. The molecule has 0 spiro atoms. The van der Waals surface area contributed by atoms with Crippen molar-refractivity contribution in [1.29, 1.82) is 0 Å². The number of benzene rings is 1. The monoisotopic (exact) mass is 285 g/mol. The average Bonchev–Trinajstić information content (AvgIpc) is 2.37. The number of rotatable bonds is 6. The van der Waals surface area contributed by atoms with Crippen LogP contribution >= 0.6 is 11.6 Å². The van der Waals surface area contributed by atoms with Crippen LogP contribution in [-0.2, 0) is 11.2 Å². The quantitative estimate of drug-likeness (QED) is 0.841. The second kappa shape index (κ2) is 7.36. The Balaban J connectivity index is 2.69. The van der Waals surface area contributed by atoms with Gasteiger partial charge in [-0.2, -0.15) is 0 Å². The van der Waals surface area contributed by atoms with Crippen LogP contribution < -0.4 is 10.1 Å². The number of carbonyl (C=O) groups is 1. The molecule has 0 saturated heterocycles. The van der Waals surface area contributed by atoms with E-state index in [1.54, 1.807) is 25.3 Å². The lowest BCUT2D eigenvalue weighted by molar-refractivity contribution is -0.121. The molecule has 0 bridgehead atoms. The van der Waals surface area contributed by atoms with Crippen molar-refractivity contribution in [3.63, 3.8) is 0 Å². The second-order valence-electron chi connectivity index (χ2n) is 4.65. The molecule has 2 atom stereocenters. The molecule has 0 aliphatic heterocycles. The van der Waals surface area contributed by atoms with Gasteiger partial charge in [-0.05, 0) is 31.0 Å². The highest BCUT2D eigenvalue weighted by atomic mass is 35.5. The summed E-state index contributed by atoms with van der Waals surface area (Å²) in [6, 6.07) is 5.10. The number of carbonyl (C=O) groups excluding carboxylic acids is 1. The molecule has 106 valence electrons. The Morgan fingerprint density at radius 1 is 1.47 bits per heavy atom. The van der Waals surface area contributed by atoms with Crippen LogP contribution in [0.5, 0.6) is 5.75 Å². The van der Waals surface area contributed by atoms with Crippen molar-refractivity contribution in [2.45, 2.75) is 26.3 Å². The molecule has 0 aliphatic rings. The van der Waals surface area contributed by atoms with Crippen molar-refractivity contribution in [2.75, 3.05) is 13.7 Å². The molecule has 1 rings (SSSR count). The van der Waals surface area contributed by atoms with E-state index in [0.29, 0.717) is 10.8 Å². The molecule has 2 N–H and O–H groups in total. The molecular weight excluding hydrogens is 266 g/mol. The Morgan fingerprint density at radius 3 is 2.74 bits per heavy atom. The van der Waals surface area contributed by atoms with Crippen LogP contribution in [0.15, 0.2) is 18.2 Å². The lowest BCUT2D eigenvalue weighted by Crippen LogP contribution is -2.39. The molecule has 19 heavy (non-hydrogen) atoms. The van der Waals surface area contributed by atoms with Crippen LogP contribution in [0, 0.1) is 5.92 Å². The van der Waals surface area contributed by atoms with Crippen molar-refractivity contribution in [2.24, 2.45) is 5.92 Å². The molecule has 1 aromatic rings. The molecule has 0 aliphatic carbocycles. The standard InChI is InChI=1S/C14H20ClNO3/c1-9(8-17)10(2)16-14(18)7-11-6-12(15)4-5-13(11)19-3/h4-6,9-10,17H,7-8H2,1-3H3,(H,16,18). The molecule has 0 heterocycles. The van der Waals surface area contributed by atoms with Crippen molar-refractivity contribution in [3.8, 4) is 5.75 Å². The fraction of sp³-hybridized carbons (Fsp3) is 0.500. The number of amides is 1. The van der Waals surface area contributed by atoms with Crippen LogP contribution in [0.4, 0.5) is 0 Å². The first-order valence-corrected chi connectivity index (χ1v) is 6.58. The van der Waals surface area contributed by atoms with E-state index in [9.17, 15) is 4.79 Å². The number of aliphatic hydroxyl groups excluding tert-OH is 1. The molecule has 2 unspecified atom stereocenters. The Bertz CT molecular complexity index is 437. The Kier molecular flexibility index (Phi) is 6.12. The van der Waals surface area contributed by atoms with Gasteiger partial charge in [0.1, 0.15) is 5.75 Å². The van der Waals surface area contributed by atoms with Gasteiger partial charge in [-0.25, -0.2) is 0 Å². The second-order valence-corrected chi connectivity index (χ2v) is 5.09. The van der Waals surface area contributed by atoms with Gasteiger partial charge in [0.2, 0.25) is 5.91 Å². The minimum absolute atomic E-state index is 0.0187. The third-order valence-electron chi connectivity index (χ3n) is 3.12. The highest BCUT2D eigenvalue weighted by Crippen LogP contribution is 2.23. The summed E-state index contributed by atoms with van der Waals surface area (Å²) < 4.78 is 5.20. The van der Waals surface area contributed by atoms with Crippen molar-refractivity contribution >= 4 is 17.5 Å². The maximum absolute atomic E-state index is 11.9. The fourth-order valence-electron chi connectivity index (χ4n) is 1.66. The zero-order valence-electron chi connectivity index (χ0n) is 11.4. The van der Waals surface area contributed by atoms with Crippen LogP contribution in [0.25, 0.3) is 0 Å². The summed E-state index contributed by atoms with van der Waals surface area (Å²) in [6.07, 6.45) is 0.201. The van der Waals surface area contributed by atoms with Gasteiger partial charge >= 0.3 is 0 Å². The molecule has 1 amide bonds. The predicted molar refractivity (Wildman–Crippen MR) is 75.6 cm³/mol. The van der Waals surface area contributed by atoms with Gasteiger partial charge in [0.25, 0.3) is 0 Å². The number of methoxy groups -OCH3 is 1. The molecule has 5 heteroatoms. The lowest BCUT2D eigenvalue weighted by atomic mass is 10.0. The van der Waals surface area contributed by atoms with Gasteiger partial charge in [-0.1, -0.05) is 18.5 Å². The third kappa shape index (κ3) is 4.73. The lowest BCUT2D eigenvalue weighted by Gasteiger charge is -2.19. The number of ether oxygens (including phenoxy) is 1. The van der Waals surface area contributed by atoms with Gasteiger partial charge in [0, 0.05) is 23.2 Å². The van der Waals surface area contributed by atoms with Crippen LogP contribution in [0.3, 0.4) is 0 Å². The van der Waals surface area contributed by atoms with Crippen LogP contribution in [0.1, 0.15) is 19.4 Å². The summed E-state index contributed by atoms with van der Waals surface area (Å²) in [4.78, 5) is 11.9. The maximum Gasteiger partial charge on any atom is 0.224 e. The van der Waals surface area contributed by atoms with Crippen LogP contribution in [0.2, 0.25) is 5.02 Å². The maximum atomic E-state index is 11.9. The summed E-state index contributed by atoms with van der Waals surface area (Å²) in [7, 11) is 1.56. The number of nitrogens with one attached hydrogen (secondary N) is 1. The first-order valence-electron chi connectivity index (χ1n) is 6.20. The molecule has 1 aromatic carbocycles. The molecule has 0 fully saturated rings. The summed E-state index contributed by atoms with van der Waals surface area (Å²) in [5.41, 5.74) is 0.747. The highest BCUT2D eigenvalue weighted by Gasteiger charge is 2.15. The van der Waals surface area contributed by atoms with E-state index in [1.165, 1.54) is 0 Å². The molecular formula is C14H20ClNO3. The minimum atomic E-state index is -0.117. The fourth-order valence-corrected chi connectivity index (χ4v) is 1.86. The Hall–Kier alpha value is -1.26. The highest BCUT2D eigenvalue weighted by molar-refractivity contribution is 6.30. The number of hydrogen-bond acceptors (Lipinski definition) is 3. The van der Waals surface area contributed by atoms with E-state index in [2.05, 4.69) is 5.32 Å². The van der Waals surface area contributed by atoms with E-state index in [0.717, 1.165) is 5.56 Å². The molecule has 0 saturated carbocycles. The first-order chi connectivity index (χ1) is 8.97. The van der Waals surface area contributed by atoms with Crippen molar-refractivity contribution in [1.82, 2.24) is 5.32 Å². The number of halogens is 1. The van der Waals surface area contributed by atoms with Crippen molar-refractivity contribution in [3.05, 3.63) is 28.8 Å². The Labute approximate surface area is 118 Å². The molecule has 0 radical (unpaired) electrons. The first kappa shape index (κ1) is 15.8. The SMILES string of the molecule is COc1ccc(Cl)cc1CC(=O)NC(C)C(C)CO. The predicted octanol–water partition coefficient (Wildman–Crippen LogP) is 2.02. The van der Waals surface area contributed by atoms with E-state index in [-0.39, 0.29) is 30.9 Å². The third-order valence-corrected chi connectivity index (χ3v) is 3.36. The molecule has 4 nitrogen and oxygen atoms in total. The average molecular weight is 286 g/mol. The van der Waals surface area contributed by atoms with Crippen molar-refractivity contribution < 1.29 is 14.6 Å². The Morgan fingerprint density at radius 2 is 2.16 bits per heavy atom. The van der Waals surface area contributed by atoms with E-state index < -0.39 is 0 Å². The topological polar surface area (TPSA) is 58.6 Å². The number of aliphatic hydroxyl groups is 1. The summed E-state index contributed by atoms with van der Waals surface area (Å²) in [5.74, 6) is 0.543. The van der Waals surface area contributed by atoms with Gasteiger partial charge in [0.05, 0.1) is 13.5 Å². The molecule has 0 aromatic heterocycles. The van der Waals surface area contributed by atoms with E-state index in [4.69, 9.17) is 21.4 Å². The largest absolute Gasteiger partial charge is 0.496 e. The smallest absolute Gasteiger partial charge is 0.224 e. The number of hydrogen-bond donors (Lipinski definition) is 2. The van der Waals surface area contributed by atoms with E-state index in [1.807, 2.05) is 13.8 Å².